The molecule has 19 heavy (non-hydrogen) atoms. The molecule has 0 N–H and O–H groups in total. The summed E-state index contributed by atoms with van der Waals surface area (Å²) in [5.41, 5.74) is 0. The van der Waals surface area contributed by atoms with Crippen molar-refractivity contribution in [3.8, 4) is 0 Å². The molecule has 1 rings (SSSR count). The van der Waals surface area contributed by atoms with Crippen molar-refractivity contribution < 1.29 is 13.2 Å². The third kappa shape index (κ3) is 4.70. The van der Waals surface area contributed by atoms with E-state index in [1.165, 1.54) is 0 Å². The normalized spacial score (nSPS) is 11.8. The van der Waals surface area contributed by atoms with Crippen LogP contribution in [0.25, 0.3) is 0 Å². The van der Waals surface area contributed by atoms with Crippen LogP contribution in [0.1, 0.15) is 13.8 Å². The average Bonchev–Trinajstić information content (AvgIpc) is 2.23. The van der Waals surface area contributed by atoms with Crippen molar-refractivity contribution in [3.05, 3.63) is 5.28 Å². The lowest BCUT2D eigenvalue weighted by Crippen LogP contribution is -2.40. The molecule has 0 aliphatic heterocycles. The number of hydrogen-bond donors (Lipinski definition) is 0. The molecule has 0 aliphatic carbocycles. The first-order chi connectivity index (χ1) is 8.60. The zero-order valence-electron chi connectivity index (χ0n) is 11.0. The van der Waals surface area contributed by atoms with Crippen LogP contribution < -0.4 is 9.80 Å². The maximum atomic E-state index is 12.6. The lowest BCUT2D eigenvalue weighted by atomic mass is 10.3. The number of alkyl halides is 3. The van der Waals surface area contributed by atoms with Crippen LogP contribution in [0.5, 0.6) is 0 Å². The summed E-state index contributed by atoms with van der Waals surface area (Å²) >= 11 is 5.72. The monoisotopic (exact) mass is 297 g/mol. The summed E-state index contributed by atoms with van der Waals surface area (Å²) in [5.74, 6) is 0.124. The van der Waals surface area contributed by atoms with Gasteiger partial charge in [0.05, 0.1) is 0 Å². The Labute approximate surface area is 114 Å². The molecule has 0 radical (unpaired) electrons. The zero-order chi connectivity index (χ0) is 14.8. The van der Waals surface area contributed by atoms with Gasteiger partial charge in [0.2, 0.25) is 17.2 Å². The number of nitrogens with zero attached hydrogens (tertiary/aromatic N) is 5. The second kappa shape index (κ2) is 5.77. The molecule has 0 atom stereocenters. The molecule has 0 amide bonds. The highest BCUT2D eigenvalue weighted by Crippen LogP contribution is 2.23. The molecule has 5 nitrogen and oxygen atoms in total. The molecule has 0 saturated carbocycles. The fourth-order valence-electron chi connectivity index (χ4n) is 1.34. The standard InChI is InChI=1S/C10H15ClF3N5/c1-6(2)19(5-10(12,13)14)9-16-7(11)15-8(17-9)18(3)4/h6H,5H2,1-4H3. The van der Waals surface area contributed by atoms with Gasteiger partial charge in [0, 0.05) is 20.1 Å². The van der Waals surface area contributed by atoms with Gasteiger partial charge in [-0.15, -0.1) is 0 Å². The van der Waals surface area contributed by atoms with Gasteiger partial charge in [-0.3, -0.25) is 0 Å². The van der Waals surface area contributed by atoms with E-state index in [1.54, 1.807) is 32.8 Å². The van der Waals surface area contributed by atoms with Crippen molar-refractivity contribution in [1.29, 1.82) is 0 Å². The summed E-state index contributed by atoms with van der Waals surface area (Å²) in [4.78, 5) is 14.2. The van der Waals surface area contributed by atoms with Gasteiger partial charge in [-0.2, -0.15) is 28.1 Å². The quantitative estimate of drug-likeness (QED) is 0.854. The van der Waals surface area contributed by atoms with Gasteiger partial charge in [0.25, 0.3) is 0 Å². The highest BCUT2D eigenvalue weighted by molar-refractivity contribution is 6.28. The summed E-state index contributed by atoms with van der Waals surface area (Å²) in [6.07, 6.45) is -4.35. The minimum Gasteiger partial charge on any atom is -0.347 e. The Morgan fingerprint density at radius 1 is 1.11 bits per heavy atom. The number of hydrogen-bond acceptors (Lipinski definition) is 5. The van der Waals surface area contributed by atoms with Gasteiger partial charge >= 0.3 is 6.18 Å². The molecule has 1 aromatic rings. The third-order valence-electron chi connectivity index (χ3n) is 2.21. The van der Waals surface area contributed by atoms with E-state index >= 15 is 0 Å². The van der Waals surface area contributed by atoms with E-state index in [9.17, 15) is 13.2 Å². The second-order valence-corrected chi connectivity index (χ2v) is 4.77. The molecule has 0 spiro atoms. The molecular weight excluding hydrogens is 283 g/mol. The largest absolute Gasteiger partial charge is 0.406 e. The molecule has 0 fully saturated rings. The van der Waals surface area contributed by atoms with E-state index in [0.29, 0.717) is 0 Å². The van der Waals surface area contributed by atoms with Gasteiger partial charge in [0.15, 0.2) is 0 Å². The Bertz CT molecular complexity index is 436. The Kier molecular flexibility index (Phi) is 4.78. The molecule has 9 heteroatoms. The Balaban J connectivity index is 3.16. The first kappa shape index (κ1) is 15.7. The topological polar surface area (TPSA) is 45.2 Å². The average molecular weight is 298 g/mol. The number of halogens is 4. The van der Waals surface area contributed by atoms with E-state index in [1.807, 2.05) is 0 Å². The van der Waals surface area contributed by atoms with E-state index in [-0.39, 0.29) is 17.2 Å². The zero-order valence-corrected chi connectivity index (χ0v) is 11.8. The van der Waals surface area contributed by atoms with Crippen LogP contribution >= 0.6 is 11.6 Å². The number of aromatic nitrogens is 3. The smallest absolute Gasteiger partial charge is 0.347 e. The van der Waals surface area contributed by atoms with Crippen LogP contribution in [-0.2, 0) is 0 Å². The molecule has 1 aromatic heterocycles. The van der Waals surface area contributed by atoms with Crippen LogP contribution in [0.2, 0.25) is 5.28 Å². The molecule has 1 heterocycles. The van der Waals surface area contributed by atoms with Crippen molar-refractivity contribution in [2.24, 2.45) is 0 Å². The molecular formula is C10H15ClF3N5. The van der Waals surface area contributed by atoms with E-state index in [4.69, 9.17) is 11.6 Å². The minimum absolute atomic E-state index is 0.0870. The SMILES string of the molecule is CC(C)N(CC(F)(F)F)c1nc(Cl)nc(N(C)C)n1. The highest BCUT2D eigenvalue weighted by atomic mass is 35.5. The van der Waals surface area contributed by atoms with Crippen molar-refractivity contribution in [2.75, 3.05) is 30.4 Å². The van der Waals surface area contributed by atoms with Crippen molar-refractivity contribution in [2.45, 2.75) is 26.1 Å². The molecule has 108 valence electrons. The second-order valence-electron chi connectivity index (χ2n) is 4.44. The lowest BCUT2D eigenvalue weighted by Gasteiger charge is -2.28. The van der Waals surface area contributed by atoms with Crippen molar-refractivity contribution in [1.82, 2.24) is 15.0 Å². The number of rotatable bonds is 4. The minimum atomic E-state index is -4.35. The third-order valence-corrected chi connectivity index (χ3v) is 2.38. The van der Waals surface area contributed by atoms with E-state index in [2.05, 4.69) is 15.0 Å². The maximum Gasteiger partial charge on any atom is 0.406 e. The van der Waals surface area contributed by atoms with Crippen molar-refractivity contribution >= 4 is 23.5 Å². The molecule has 0 aliphatic rings. The first-order valence-electron chi connectivity index (χ1n) is 5.52. The molecule has 0 aromatic carbocycles. The summed E-state index contributed by atoms with van der Waals surface area (Å²) in [7, 11) is 3.33. The fraction of sp³-hybridized carbons (Fsp3) is 0.700. The van der Waals surface area contributed by atoms with Gasteiger partial charge < -0.3 is 9.80 Å². The Morgan fingerprint density at radius 2 is 1.63 bits per heavy atom. The van der Waals surface area contributed by atoms with Gasteiger partial charge in [-0.1, -0.05) is 0 Å². The maximum absolute atomic E-state index is 12.6. The van der Waals surface area contributed by atoms with Crippen molar-refractivity contribution in [3.63, 3.8) is 0 Å². The van der Waals surface area contributed by atoms with Gasteiger partial charge in [0.1, 0.15) is 6.54 Å². The lowest BCUT2D eigenvalue weighted by molar-refractivity contribution is -0.120. The van der Waals surface area contributed by atoms with Crippen LogP contribution in [-0.4, -0.2) is 47.8 Å². The van der Waals surface area contributed by atoms with Crippen LogP contribution in [0.15, 0.2) is 0 Å². The summed E-state index contributed by atoms with van der Waals surface area (Å²) in [6.45, 7) is 2.11. The molecule has 0 saturated heterocycles. The van der Waals surface area contributed by atoms with E-state index in [0.717, 1.165) is 4.90 Å². The number of anilines is 2. The van der Waals surface area contributed by atoms with Crippen LogP contribution in [0.3, 0.4) is 0 Å². The first-order valence-corrected chi connectivity index (χ1v) is 5.90. The molecule has 0 unspecified atom stereocenters. The van der Waals surface area contributed by atoms with E-state index < -0.39 is 18.8 Å². The highest BCUT2D eigenvalue weighted by Gasteiger charge is 2.33. The predicted octanol–water partition coefficient (Wildman–Crippen LogP) is 2.37. The van der Waals surface area contributed by atoms with Crippen LogP contribution in [0.4, 0.5) is 25.1 Å². The van der Waals surface area contributed by atoms with Gasteiger partial charge in [-0.05, 0) is 25.4 Å². The summed E-state index contributed by atoms with van der Waals surface area (Å²) in [6, 6.07) is -0.421. The van der Waals surface area contributed by atoms with Gasteiger partial charge in [-0.25, -0.2) is 0 Å². The summed E-state index contributed by atoms with van der Waals surface area (Å²) in [5, 5.41) is -0.137. The Morgan fingerprint density at radius 3 is 2.05 bits per heavy atom. The summed E-state index contributed by atoms with van der Waals surface area (Å²) < 4.78 is 37.7. The fourth-order valence-corrected chi connectivity index (χ4v) is 1.49. The predicted molar refractivity (Wildman–Crippen MR) is 67.7 cm³/mol. The van der Waals surface area contributed by atoms with Crippen LogP contribution in [0, 0.1) is 0 Å². The Hall–Kier alpha value is -1.31. The molecule has 0 bridgehead atoms.